The minimum Gasteiger partial charge on any atom is -0.455 e. The zero-order chi connectivity index (χ0) is 22.1. The minimum absolute atomic E-state index is 0.263. The Morgan fingerprint density at radius 3 is 2.65 bits per heavy atom. The largest absolute Gasteiger partial charge is 0.455 e. The number of nitrogens with zero attached hydrogens (tertiary/aromatic N) is 4. The number of nitrogens with one attached hydrogen (secondary N) is 1. The standard InChI is InChI=1S/C22H21N5O3S/c23-9-12-31-19-4-2-1-3-18(19)26-21(28)15-30-22(29)17-7-10-27(11-8-17)20-6-5-16(13-24)14-25-20/h1-6,14,17H,7-8,10-12,15H2,(H,26,28). The molecule has 0 saturated carbocycles. The highest BCUT2D eigenvalue weighted by molar-refractivity contribution is 7.99. The van der Waals surface area contributed by atoms with Crippen LogP contribution in [0.4, 0.5) is 11.5 Å². The second kappa shape index (κ2) is 11.0. The maximum absolute atomic E-state index is 12.4. The number of esters is 1. The Kier molecular flexibility index (Phi) is 7.85. The molecule has 1 aromatic carbocycles. The molecule has 1 aliphatic rings. The van der Waals surface area contributed by atoms with Crippen molar-refractivity contribution in [1.29, 1.82) is 10.5 Å². The molecule has 1 amide bonds. The van der Waals surface area contributed by atoms with Crippen LogP contribution in [0.3, 0.4) is 0 Å². The van der Waals surface area contributed by atoms with E-state index in [1.807, 2.05) is 18.2 Å². The molecule has 1 fully saturated rings. The quantitative estimate of drug-likeness (QED) is 0.521. The van der Waals surface area contributed by atoms with Crippen LogP contribution in [0, 0.1) is 28.6 Å². The number of piperidine rings is 1. The number of rotatable bonds is 7. The van der Waals surface area contributed by atoms with Crippen molar-refractivity contribution in [3.8, 4) is 12.1 Å². The fourth-order valence-corrected chi connectivity index (χ4v) is 3.90. The van der Waals surface area contributed by atoms with Crippen molar-refractivity contribution < 1.29 is 14.3 Å². The van der Waals surface area contributed by atoms with E-state index in [0.717, 1.165) is 10.7 Å². The third kappa shape index (κ3) is 6.21. The van der Waals surface area contributed by atoms with Gasteiger partial charge in [0, 0.05) is 24.2 Å². The van der Waals surface area contributed by atoms with Crippen molar-refractivity contribution in [2.45, 2.75) is 17.7 Å². The Hall–Kier alpha value is -3.56. The van der Waals surface area contributed by atoms with Gasteiger partial charge in [0.2, 0.25) is 0 Å². The van der Waals surface area contributed by atoms with Crippen LogP contribution in [0.2, 0.25) is 0 Å². The van der Waals surface area contributed by atoms with Crippen molar-refractivity contribution in [3.05, 3.63) is 48.2 Å². The number of nitriles is 2. The van der Waals surface area contributed by atoms with Gasteiger partial charge in [0.1, 0.15) is 11.9 Å². The Morgan fingerprint density at radius 2 is 1.97 bits per heavy atom. The predicted molar refractivity (Wildman–Crippen MR) is 116 cm³/mol. The van der Waals surface area contributed by atoms with Crippen LogP contribution in [0.15, 0.2) is 47.5 Å². The van der Waals surface area contributed by atoms with Crippen LogP contribution in [0.25, 0.3) is 0 Å². The Balaban J connectivity index is 1.45. The van der Waals surface area contributed by atoms with Gasteiger partial charge in [0.05, 0.1) is 29.0 Å². The summed E-state index contributed by atoms with van der Waals surface area (Å²) < 4.78 is 5.23. The SMILES string of the molecule is N#CCSc1ccccc1NC(=O)COC(=O)C1CCN(c2ccc(C#N)cn2)CC1. The first-order valence-electron chi connectivity index (χ1n) is 9.77. The highest BCUT2D eigenvalue weighted by Crippen LogP contribution is 2.27. The van der Waals surface area contributed by atoms with Gasteiger partial charge in [-0.1, -0.05) is 12.1 Å². The molecule has 8 nitrogen and oxygen atoms in total. The second-order valence-electron chi connectivity index (χ2n) is 6.88. The Labute approximate surface area is 184 Å². The summed E-state index contributed by atoms with van der Waals surface area (Å²) in [6, 6.07) is 14.8. The number of pyridine rings is 1. The lowest BCUT2D eigenvalue weighted by atomic mass is 9.97. The van der Waals surface area contributed by atoms with Gasteiger partial charge < -0.3 is 15.0 Å². The monoisotopic (exact) mass is 435 g/mol. The second-order valence-corrected chi connectivity index (χ2v) is 7.89. The van der Waals surface area contributed by atoms with Crippen LogP contribution in [0.1, 0.15) is 18.4 Å². The van der Waals surface area contributed by atoms with Crippen molar-refractivity contribution in [3.63, 3.8) is 0 Å². The van der Waals surface area contributed by atoms with Gasteiger partial charge in [-0.3, -0.25) is 9.59 Å². The predicted octanol–water partition coefficient (Wildman–Crippen LogP) is 2.97. The molecule has 1 aliphatic heterocycles. The average molecular weight is 436 g/mol. The topological polar surface area (TPSA) is 119 Å². The van der Waals surface area contributed by atoms with Crippen LogP contribution < -0.4 is 10.2 Å². The van der Waals surface area contributed by atoms with Crippen LogP contribution >= 0.6 is 11.8 Å². The zero-order valence-corrected chi connectivity index (χ0v) is 17.6. The first-order valence-corrected chi connectivity index (χ1v) is 10.8. The third-order valence-electron chi connectivity index (χ3n) is 4.83. The van der Waals surface area contributed by atoms with E-state index in [2.05, 4.69) is 21.3 Å². The first kappa shape index (κ1) is 22.1. The van der Waals surface area contributed by atoms with Crippen molar-refractivity contribution in [2.24, 2.45) is 5.92 Å². The number of anilines is 2. The number of benzene rings is 1. The van der Waals surface area contributed by atoms with E-state index in [1.54, 1.807) is 24.3 Å². The molecule has 158 valence electrons. The van der Waals surface area contributed by atoms with Crippen molar-refractivity contribution in [1.82, 2.24) is 4.98 Å². The zero-order valence-electron chi connectivity index (χ0n) is 16.8. The van der Waals surface area contributed by atoms with Gasteiger partial charge >= 0.3 is 5.97 Å². The molecule has 0 spiro atoms. The number of carbonyl (C=O) groups is 2. The average Bonchev–Trinajstić information content (AvgIpc) is 2.82. The molecule has 9 heteroatoms. The Morgan fingerprint density at radius 1 is 1.19 bits per heavy atom. The lowest BCUT2D eigenvalue weighted by Crippen LogP contribution is -2.38. The molecule has 2 heterocycles. The fourth-order valence-electron chi connectivity index (χ4n) is 3.23. The summed E-state index contributed by atoms with van der Waals surface area (Å²) in [7, 11) is 0. The summed E-state index contributed by atoms with van der Waals surface area (Å²) in [5, 5.41) is 20.3. The molecule has 31 heavy (non-hydrogen) atoms. The summed E-state index contributed by atoms with van der Waals surface area (Å²) in [5.74, 6) is -0.00946. The summed E-state index contributed by atoms with van der Waals surface area (Å²) in [6.07, 6.45) is 2.75. The van der Waals surface area contributed by atoms with E-state index in [9.17, 15) is 9.59 Å². The number of aromatic nitrogens is 1. The number of ether oxygens (including phenoxy) is 1. The number of amides is 1. The van der Waals surface area contributed by atoms with E-state index in [-0.39, 0.29) is 24.2 Å². The molecule has 0 aliphatic carbocycles. The van der Waals surface area contributed by atoms with Crippen LogP contribution in [0.5, 0.6) is 0 Å². The number of hydrogen-bond acceptors (Lipinski definition) is 8. The molecule has 0 radical (unpaired) electrons. The number of carbonyl (C=O) groups excluding carboxylic acids is 2. The third-order valence-corrected chi connectivity index (χ3v) is 5.77. The van der Waals surface area contributed by atoms with E-state index >= 15 is 0 Å². The Bertz CT molecular complexity index is 1010. The summed E-state index contributed by atoms with van der Waals surface area (Å²) in [6.45, 7) is 0.941. The minimum atomic E-state index is -0.419. The lowest BCUT2D eigenvalue weighted by molar-refractivity contribution is -0.152. The highest BCUT2D eigenvalue weighted by atomic mass is 32.2. The fraction of sp³-hybridized carbons (Fsp3) is 0.318. The maximum Gasteiger partial charge on any atom is 0.309 e. The van der Waals surface area contributed by atoms with Crippen molar-refractivity contribution >= 4 is 35.1 Å². The summed E-state index contributed by atoms with van der Waals surface area (Å²) in [4.78, 5) is 31.7. The first-order chi connectivity index (χ1) is 15.1. The molecular formula is C22H21N5O3S. The van der Waals surface area contributed by atoms with E-state index in [0.29, 0.717) is 37.2 Å². The van der Waals surface area contributed by atoms with E-state index in [4.69, 9.17) is 15.3 Å². The molecule has 2 aromatic rings. The lowest BCUT2D eigenvalue weighted by Gasteiger charge is -2.31. The smallest absolute Gasteiger partial charge is 0.309 e. The van der Waals surface area contributed by atoms with Gasteiger partial charge in [-0.05, 0) is 37.1 Å². The molecule has 1 N–H and O–H groups in total. The number of para-hydroxylation sites is 1. The van der Waals surface area contributed by atoms with Gasteiger partial charge in [0.15, 0.2) is 6.61 Å². The van der Waals surface area contributed by atoms with Gasteiger partial charge in [-0.25, -0.2) is 4.98 Å². The van der Waals surface area contributed by atoms with Gasteiger partial charge in [0.25, 0.3) is 5.91 Å². The van der Waals surface area contributed by atoms with E-state index < -0.39 is 5.91 Å². The number of thioether (sulfide) groups is 1. The molecule has 0 bridgehead atoms. The van der Waals surface area contributed by atoms with Crippen molar-refractivity contribution in [2.75, 3.05) is 35.7 Å². The number of hydrogen-bond donors (Lipinski definition) is 1. The molecule has 1 saturated heterocycles. The van der Waals surface area contributed by atoms with E-state index in [1.165, 1.54) is 18.0 Å². The molecule has 1 aromatic heterocycles. The van der Waals surface area contributed by atoms with Gasteiger partial charge in [-0.2, -0.15) is 10.5 Å². The summed E-state index contributed by atoms with van der Waals surface area (Å²) >= 11 is 1.33. The highest BCUT2D eigenvalue weighted by Gasteiger charge is 2.27. The normalized spacial score (nSPS) is 13.7. The van der Waals surface area contributed by atoms with Gasteiger partial charge in [-0.15, -0.1) is 11.8 Å². The molecule has 3 rings (SSSR count). The maximum atomic E-state index is 12.4. The summed E-state index contributed by atoms with van der Waals surface area (Å²) in [5.41, 5.74) is 1.10. The van der Waals surface area contributed by atoms with Crippen LogP contribution in [-0.2, 0) is 14.3 Å². The van der Waals surface area contributed by atoms with Crippen LogP contribution in [-0.4, -0.2) is 42.3 Å². The molecular weight excluding hydrogens is 414 g/mol. The molecule has 0 atom stereocenters. The molecule has 0 unspecified atom stereocenters.